The molecule has 0 saturated heterocycles. The Morgan fingerprint density at radius 2 is 1.46 bits per heavy atom. The Bertz CT molecular complexity index is 180. The third-order valence-electron chi connectivity index (χ3n) is 2.01. The summed E-state index contributed by atoms with van der Waals surface area (Å²) in [7, 11) is 7.48. The van der Waals surface area contributed by atoms with Crippen molar-refractivity contribution in [2.75, 3.05) is 28.2 Å². The Labute approximate surface area is 81.7 Å². The van der Waals surface area contributed by atoms with Crippen molar-refractivity contribution in [3.05, 3.63) is 0 Å². The predicted octanol–water partition coefficient (Wildman–Crippen LogP) is 1.05. The zero-order valence-electron chi connectivity index (χ0n) is 9.88. The van der Waals surface area contributed by atoms with E-state index in [9.17, 15) is 4.79 Å². The number of carbonyl (C=O) groups excluding carboxylic acids is 1. The summed E-state index contributed by atoms with van der Waals surface area (Å²) in [5.41, 5.74) is -0.0230. The van der Waals surface area contributed by atoms with E-state index in [-0.39, 0.29) is 17.4 Å². The first-order valence-corrected chi connectivity index (χ1v) is 4.55. The van der Waals surface area contributed by atoms with Crippen LogP contribution in [0.2, 0.25) is 0 Å². The molecular weight excluding hydrogens is 164 g/mol. The van der Waals surface area contributed by atoms with Crippen LogP contribution in [-0.2, 0) is 4.79 Å². The van der Waals surface area contributed by atoms with Crippen LogP contribution in [0.1, 0.15) is 20.8 Å². The fraction of sp³-hybridized carbons (Fsp3) is 0.900. The van der Waals surface area contributed by atoms with Crippen LogP contribution in [-0.4, -0.2) is 49.9 Å². The third kappa shape index (κ3) is 3.35. The minimum Gasteiger partial charge on any atom is -0.347 e. The Kier molecular flexibility index (Phi) is 3.91. The van der Waals surface area contributed by atoms with Crippen LogP contribution in [0.4, 0.5) is 0 Å². The number of hydrogen-bond donors (Lipinski definition) is 0. The van der Waals surface area contributed by atoms with Crippen molar-refractivity contribution >= 4 is 5.91 Å². The number of likely N-dealkylation sites (N-methyl/N-ethyl adjacent to an activating group) is 2. The van der Waals surface area contributed by atoms with Crippen LogP contribution in [0.15, 0.2) is 0 Å². The van der Waals surface area contributed by atoms with Gasteiger partial charge in [0.25, 0.3) is 0 Å². The van der Waals surface area contributed by atoms with Gasteiger partial charge < -0.3 is 4.90 Å². The van der Waals surface area contributed by atoms with E-state index in [0.717, 1.165) is 0 Å². The number of carbonyl (C=O) groups is 1. The van der Waals surface area contributed by atoms with Gasteiger partial charge in [0.2, 0.25) is 5.91 Å². The topological polar surface area (TPSA) is 23.6 Å². The van der Waals surface area contributed by atoms with Gasteiger partial charge in [0.15, 0.2) is 0 Å². The van der Waals surface area contributed by atoms with Crippen LogP contribution in [0, 0.1) is 5.41 Å². The maximum Gasteiger partial charge on any atom is 0.239 e. The van der Waals surface area contributed by atoms with E-state index in [4.69, 9.17) is 0 Å². The van der Waals surface area contributed by atoms with Crippen molar-refractivity contribution in [3.8, 4) is 0 Å². The number of amides is 1. The summed E-state index contributed by atoms with van der Waals surface area (Å²) in [6.07, 6.45) is 0. The molecule has 1 atom stereocenters. The number of hydrogen-bond acceptors (Lipinski definition) is 2. The molecule has 3 heteroatoms. The Balaban J connectivity index is 4.73. The minimum atomic E-state index is -0.0532. The standard InChI is InChI=1S/C10H22N2O/c1-10(2,3)8(11(4)5)9(13)12(6)7/h8H,1-7H3. The monoisotopic (exact) mass is 186 g/mol. The molecule has 0 radical (unpaired) electrons. The molecule has 0 spiro atoms. The summed E-state index contributed by atoms with van der Waals surface area (Å²) in [6.45, 7) is 6.25. The molecule has 13 heavy (non-hydrogen) atoms. The van der Waals surface area contributed by atoms with Crippen LogP contribution >= 0.6 is 0 Å². The third-order valence-corrected chi connectivity index (χ3v) is 2.01. The van der Waals surface area contributed by atoms with E-state index < -0.39 is 0 Å². The average Bonchev–Trinajstić information content (AvgIpc) is 1.82. The highest BCUT2D eigenvalue weighted by molar-refractivity contribution is 5.82. The van der Waals surface area contributed by atoms with Gasteiger partial charge in [0, 0.05) is 14.1 Å². The highest BCUT2D eigenvalue weighted by Crippen LogP contribution is 2.23. The van der Waals surface area contributed by atoms with Gasteiger partial charge in [-0.3, -0.25) is 9.69 Å². The molecule has 0 aromatic carbocycles. The van der Waals surface area contributed by atoms with Crippen molar-refractivity contribution < 1.29 is 4.79 Å². The molecule has 0 aliphatic rings. The molecule has 0 fully saturated rings. The SMILES string of the molecule is CN(C)C(=O)C(N(C)C)C(C)(C)C. The second kappa shape index (κ2) is 4.09. The second-order valence-corrected chi connectivity index (χ2v) is 4.96. The van der Waals surface area contributed by atoms with E-state index >= 15 is 0 Å². The quantitative estimate of drug-likeness (QED) is 0.643. The summed E-state index contributed by atoms with van der Waals surface area (Å²) in [6, 6.07) is -0.0532. The number of nitrogens with zero attached hydrogens (tertiary/aromatic N) is 2. The molecular formula is C10H22N2O. The fourth-order valence-electron chi connectivity index (χ4n) is 1.61. The summed E-state index contributed by atoms with van der Waals surface area (Å²) in [5, 5.41) is 0. The summed E-state index contributed by atoms with van der Waals surface area (Å²) in [4.78, 5) is 15.4. The van der Waals surface area contributed by atoms with E-state index in [1.54, 1.807) is 19.0 Å². The van der Waals surface area contributed by atoms with Crippen molar-refractivity contribution in [3.63, 3.8) is 0 Å². The Hall–Kier alpha value is -0.570. The largest absolute Gasteiger partial charge is 0.347 e. The molecule has 1 unspecified atom stereocenters. The lowest BCUT2D eigenvalue weighted by Gasteiger charge is -2.36. The van der Waals surface area contributed by atoms with Gasteiger partial charge in [-0.2, -0.15) is 0 Å². The molecule has 1 amide bonds. The van der Waals surface area contributed by atoms with Gasteiger partial charge in [-0.05, 0) is 19.5 Å². The zero-order chi connectivity index (χ0) is 10.8. The molecule has 0 N–H and O–H groups in total. The van der Waals surface area contributed by atoms with Crippen molar-refractivity contribution in [2.45, 2.75) is 26.8 Å². The summed E-state index contributed by atoms with van der Waals surface area (Å²) < 4.78 is 0. The van der Waals surface area contributed by atoms with Gasteiger partial charge in [0.1, 0.15) is 0 Å². The van der Waals surface area contributed by atoms with Gasteiger partial charge >= 0.3 is 0 Å². The van der Waals surface area contributed by atoms with Crippen molar-refractivity contribution in [2.24, 2.45) is 5.41 Å². The highest BCUT2D eigenvalue weighted by atomic mass is 16.2. The first kappa shape index (κ1) is 12.4. The first-order chi connectivity index (χ1) is 5.68. The lowest BCUT2D eigenvalue weighted by molar-refractivity contribution is -0.137. The minimum absolute atomic E-state index is 0.0230. The molecule has 0 aromatic heterocycles. The van der Waals surface area contributed by atoms with Gasteiger partial charge in [0.05, 0.1) is 6.04 Å². The van der Waals surface area contributed by atoms with E-state index in [0.29, 0.717) is 0 Å². The maximum absolute atomic E-state index is 11.8. The lowest BCUT2D eigenvalue weighted by atomic mass is 9.85. The Morgan fingerprint density at radius 3 is 1.54 bits per heavy atom. The average molecular weight is 186 g/mol. The fourth-order valence-corrected chi connectivity index (χ4v) is 1.61. The van der Waals surface area contributed by atoms with Crippen LogP contribution < -0.4 is 0 Å². The zero-order valence-corrected chi connectivity index (χ0v) is 9.88. The molecule has 0 heterocycles. The molecule has 0 aliphatic carbocycles. The predicted molar refractivity (Wildman–Crippen MR) is 55.6 cm³/mol. The van der Waals surface area contributed by atoms with Gasteiger partial charge in [-0.15, -0.1) is 0 Å². The normalized spacial score (nSPS) is 14.5. The molecule has 0 aliphatic heterocycles. The lowest BCUT2D eigenvalue weighted by Crippen LogP contribution is -2.50. The van der Waals surface area contributed by atoms with Crippen LogP contribution in [0.3, 0.4) is 0 Å². The molecule has 0 aromatic rings. The van der Waals surface area contributed by atoms with E-state index in [1.807, 2.05) is 19.0 Å². The summed E-state index contributed by atoms with van der Waals surface area (Å²) in [5.74, 6) is 0.164. The van der Waals surface area contributed by atoms with Crippen molar-refractivity contribution in [1.82, 2.24) is 9.80 Å². The first-order valence-electron chi connectivity index (χ1n) is 4.55. The molecule has 0 saturated carbocycles. The van der Waals surface area contributed by atoms with E-state index in [1.165, 1.54) is 0 Å². The summed E-state index contributed by atoms with van der Waals surface area (Å²) >= 11 is 0. The molecule has 0 bridgehead atoms. The molecule has 78 valence electrons. The molecule has 0 rings (SSSR count). The van der Waals surface area contributed by atoms with Crippen LogP contribution in [0.5, 0.6) is 0 Å². The Morgan fingerprint density at radius 1 is 1.08 bits per heavy atom. The smallest absolute Gasteiger partial charge is 0.239 e. The molecule has 3 nitrogen and oxygen atoms in total. The second-order valence-electron chi connectivity index (χ2n) is 4.96. The highest BCUT2D eigenvalue weighted by Gasteiger charge is 2.33. The van der Waals surface area contributed by atoms with Crippen molar-refractivity contribution in [1.29, 1.82) is 0 Å². The van der Waals surface area contributed by atoms with Crippen LogP contribution in [0.25, 0.3) is 0 Å². The van der Waals surface area contributed by atoms with Gasteiger partial charge in [-0.25, -0.2) is 0 Å². The van der Waals surface area contributed by atoms with Gasteiger partial charge in [-0.1, -0.05) is 20.8 Å². The maximum atomic E-state index is 11.8. The number of rotatable bonds is 2. The van der Waals surface area contributed by atoms with E-state index in [2.05, 4.69) is 20.8 Å².